The number of benzene rings is 1. The smallest absolute Gasteiger partial charge is 0.128 e. The predicted octanol–water partition coefficient (Wildman–Crippen LogP) is 3.10. The van der Waals surface area contributed by atoms with Crippen LogP contribution in [0.15, 0.2) is 22.7 Å². The van der Waals surface area contributed by atoms with E-state index in [0.29, 0.717) is 18.2 Å². The molecule has 0 bridgehead atoms. The highest BCUT2D eigenvalue weighted by molar-refractivity contribution is 9.10. The second-order valence-electron chi connectivity index (χ2n) is 3.80. The van der Waals surface area contributed by atoms with Crippen molar-refractivity contribution in [2.75, 3.05) is 13.7 Å². The Labute approximate surface area is 104 Å². The Morgan fingerprint density at radius 2 is 2.25 bits per heavy atom. The summed E-state index contributed by atoms with van der Waals surface area (Å²) < 4.78 is 19.2. The Hall–Kier alpha value is -0.450. The quantitative estimate of drug-likeness (QED) is 0.869. The van der Waals surface area contributed by atoms with E-state index in [0.717, 1.165) is 17.5 Å². The van der Waals surface area contributed by atoms with Gasteiger partial charge in [0.25, 0.3) is 0 Å². The van der Waals surface area contributed by atoms with Crippen LogP contribution in [0.1, 0.15) is 18.9 Å². The largest absolute Gasteiger partial charge is 0.385 e. The average molecular weight is 290 g/mol. The van der Waals surface area contributed by atoms with E-state index in [9.17, 15) is 4.39 Å². The molecule has 90 valence electrons. The number of nitrogens with one attached hydrogen (secondary N) is 1. The molecule has 2 nitrogen and oxygen atoms in total. The molecule has 0 aliphatic rings. The lowest BCUT2D eigenvalue weighted by molar-refractivity contribution is 0.184. The van der Waals surface area contributed by atoms with Gasteiger partial charge >= 0.3 is 0 Å². The standard InChI is InChI=1S/C12H17BrFNO/c1-9(5-6-16-2)15-8-10-3-4-11(13)7-12(10)14/h3-4,7,9,15H,5-6,8H2,1-2H3. The summed E-state index contributed by atoms with van der Waals surface area (Å²) in [4.78, 5) is 0. The van der Waals surface area contributed by atoms with Crippen molar-refractivity contribution in [3.05, 3.63) is 34.1 Å². The number of methoxy groups -OCH3 is 1. The van der Waals surface area contributed by atoms with Crippen LogP contribution in [0, 0.1) is 5.82 Å². The molecule has 16 heavy (non-hydrogen) atoms. The van der Waals surface area contributed by atoms with Crippen molar-refractivity contribution < 1.29 is 9.13 Å². The van der Waals surface area contributed by atoms with E-state index < -0.39 is 0 Å². The zero-order chi connectivity index (χ0) is 12.0. The van der Waals surface area contributed by atoms with Gasteiger partial charge in [-0.05, 0) is 25.5 Å². The molecule has 1 N–H and O–H groups in total. The lowest BCUT2D eigenvalue weighted by atomic mass is 10.2. The van der Waals surface area contributed by atoms with Crippen molar-refractivity contribution in [1.82, 2.24) is 5.32 Å². The summed E-state index contributed by atoms with van der Waals surface area (Å²) in [7, 11) is 1.68. The normalized spacial score (nSPS) is 12.8. The molecule has 1 unspecified atom stereocenters. The van der Waals surface area contributed by atoms with Crippen molar-refractivity contribution >= 4 is 15.9 Å². The van der Waals surface area contributed by atoms with Gasteiger partial charge in [-0.25, -0.2) is 4.39 Å². The average Bonchev–Trinajstić information content (AvgIpc) is 2.25. The molecule has 1 rings (SSSR count). The summed E-state index contributed by atoms with van der Waals surface area (Å²) in [6.45, 7) is 3.33. The summed E-state index contributed by atoms with van der Waals surface area (Å²) in [6, 6.07) is 5.44. The van der Waals surface area contributed by atoms with E-state index in [-0.39, 0.29) is 5.82 Å². The molecule has 0 heterocycles. The van der Waals surface area contributed by atoms with E-state index in [1.807, 2.05) is 6.07 Å². The Balaban J connectivity index is 2.42. The molecule has 1 aromatic carbocycles. The van der Waals surface area contributed by atoms with Gasteiger partial charge in [-0.1, -0.05) is 22.0 Å². The maximum absolute atomic E-state index is 13.5. The van der Waals surface area contributed by atoms with Gasteiger partial charge in [0.05, 0.1) is 0 Å². The first-order valence-electron chi connectivity index (χ1n) is 5.29. The van der Waals surface area contributed by atoms with Gasteiger partial charge in [0.15, 0.2) is 0 Å². The third kappa shape index (κ3) is 4.60. The monoisotopic (exact) mass is 289 g/mol. The molecule has 0 spiro atoms. The van der Waals surface area contributed by atoms with Crippen LogP contribution in [0.3, 0.4) is 0 Å². The van der Waals surface area contributed by atoms with Crippen molar-refractivity contribution in [1.29, 1.82) is 0 Å². The van der Waals surface area contributed by atoms with E-state index in [2.05, 4.69) is 28.2 Å². The Bertz CT molecular complexity index is 333. The lowest BCUT2D eigenvalue weighted by Crippen LogP contribution is -2.27. The molecule has 0 fully saturated rings. The highest BCUT2D eigenvalue weighted by Crippen LogP contribution is 2.15. The van der Waals surface area contributed by atoms with Gasteiger partial charge < -0.3 is 10.1 Å². The number of rotatable bonds is 6. The second-order valence-corrected chi connectivity index (χ2v) is 4.71. The number of hydrogen-bond donors (Lipinski definition) is 1. The lowest BCUT2D eigenvalue weighted by Gasteiger charge is -2.13. The van der Waals surface area contributed by atoms with Crippen LogP contribution >= 0.6 is 15.9 Å². The molecule has 0 aromatic heterocycles. The molecule has 0 saturated heterocycles. The molecule has 0 aliphatic carbocycles. The first-order valence-corrected chi connectivity index (χ1v) is 6.09. The van der Waals surface area contributed by atoms with E-state index in [1.54, 1.807) is 13.2 Å². The van der Waals surface area contributed by atoms with Crippen LogP contribution in [-0.4, -0.2) is 19.8 Å². The first kappa shape index (κ1) is 13.6. The number of halogens is 2. The zero-order valence-corrected chi connectivity index (χ0v) is 11.2. The van der Waals surface area contributed by atoms with Crippen molar-refractivity contribution in [2.45, 2.75) is 25.9 Å². The van der Waals surface area contributed by atoms with E-state index in [4.69, 9.17) is 4.74 Å². The SMILES string of the molecule is COCCC(C)NCc1ccc(Br)cc1F. The van der Waals surface area contributed by atoms with Crippen LogP contribution in [0.4, 0.5) is 4.39 Å². The molecule has 0 aliphatic heterocycles. The topological polar surface area (TPSA) is 21.3 Å². The fourth-order valence-corrected chi connectivity index (χ4v) is 1.68. The van der Waals surface area contributed by atoms with Crippen LogP contribution in [-0.2, 0) is 11.3 Å². The Morgan fingerprint density at radius 3 is 2.88 bits per heavy atom. The maximum atomic E-state index is 13.5. The third-order valence-corrected chi connectivity index (χ3v) is 2.90. The van der Waals surface area contributed by atoms with Gasteiger partial charge in [-0.15, -0.1) is 0 Å². The van der Waals surface area contributed by atoms with Gasteiger partial charge in [0.2, 0.25) is 0 Å². The van der Waals surface area contributed by atoms with Gasteiger partial charge in [-0.2, -0.15) is 0 Å². The van der Waals surface area contributed by atoms with Crippen molar-refractivity contribution in [3.8, 4) is 0 Å². The van der Waals surface area contributed by atoms with Crippen molar-refractivity contribution in [3.63, 3.8) is 0 Å². The number of hydrogen-bond acceptors (Lipinski definition) is 2. The summed E-state index contributed by atoms with van der Waals surface area (Å²) >= 11 is 3.23. The Morgan fingerprint density at radius 1 is 1.50 bits per heavy atom. The highest BCUT2D eigenvalue weighted by Gasteiger charge is 2.05. The van der Waals surface area contributed by atoms with Crippen LogP contribution in [0.5, 0.6) is 0 Å². The van der Waals surface area contributed by atoms with Gasteiger partial charge in [0.1, 0.15) is 5.82 Å². The molecule has 0 saturated carbocycles. The molecule has 1 atom stereocenters. The number of ether oxygens (including phenoxy) is 1. The zero-order valence-electron chi connectivity index (χ0n) is 9.59. The molecule has 0 radical (unpaired) electrons. The molecule has 4 heteroatoms. The summed E-state index contributed by atoms with van der Waals surface area (Å²) in [5, 5.41) is 3.26. The summed E-state index contributed by atoms with van der Waals surface area (Å²) in [5.74, 6) is -0.180. The van der Waals surface area contributed by atoms with Crippen LogP contribution in [0.25, 0.3) is 0 Å². The minimum Gasteiger partial charge on any atom is -0.385 e. The fraction of sp³-hybridized carbons (Fsp3) is 0.500. The summed E-state index contributed by atoms with van der Waals surface area (Å²) in [5.41, 5.74) is 0.687. The first-order chi connectivity index (χ1) is 7.63. The molecule has 0 amide bonds. The highest BCUT2D eigenvalue weighted by atomic mass is 79.9. The maximum Gasteiger partial charge on any atom is 0.128 e. The fourth-order valence-electron chi connectivity index (χ4n) is 1.35. The molecular weight excluding hydrogens is 273 g/mol. The molecular formula is C12H17BrFNO. The molecule has 1 aromatic rings. The van der Waals surface area contributed by atoms with Crippen molar-refractivity contribution in [2.24, 2.45) is 0 Å². The predicted molar refractivity (Wildman–Crippen MR) is 66.9 cm³/mol. The van der Waals surface area contributed by atoms with Gasteiger partial charge in [-0.3, -0.25) is 0 Å². The van der Waals surface area contributed by atoms with E-state index >= 15 is 0 Å². The third-order valence-electron chi connectivity index (χ3n) is 2.41. The summed E-state index contributed by atoms with van der Waals surface area (Å²) in [6.07, 6.45) is 0.925. The Kier molecular flexibility index (Phi) is 5.95. The van der Waals surface area contributed by atoms with E-state index in [1.165, 1.54) is 6.07 Å². The van der Waals surface area contributed by atoms with Gasteiger partial charge in [0, 0.05) is 36.3 Å². The van der Waals surface area contributed by atoms with Crippen LogP contribution in [0.2, 0.25) is 0 Å². The second kappa shape index (κ2) is 6.99. The van der Waals surface area contributed by atoms with Crippen LogP contribution < -0.4 is 5.32 Å². The minimum absolute atomic E-state index is 0.180. The minimum atomic E-state index is -0.180.